The van der Waals surface area contributed by atoms with E-state index in [2.05, 4.69) is 33.4 Å². The van der Waals surface area contributed by atoms with Gasteiger partial charge in [0.05, 0.1) is 0 Å². The summed E-state index contributed by atoms with van der Waals surface area (Å²) >= 11 is 6.00. The van der Waals surface area contributed by atoms with Gasteiger partial charge in [-0.3, -0.25) is 0 Å². The van der Waals surface area contributed by atoms with Crippen molar-refractivity contribution in [3.05, 3.63) is 10.4 Å². The molecule has 19 heavy (non-hydrogen) atoms. The van der Waals surface area contributed by atoms with Gasteiger partial charge < -0.3 is 4.74 Å². The van der Waals surface area contributed by atoms with Gasteiger partial charge in [0.2, 0.25) is 4.83 Å². The number of hydrogen-bond acceptors (Lipinski definition) is 4. The van der Waals surface area contributed by atoms with Gasteiger partial charge in [-0.05, 0) is 47.8 Å². The number of hydrogen-bond donors (Lipinski definition) is 0. The topological polar surface area (TPSA) is 26.0 Å². The molecule has 3 nitrogen and oxygen atoms in total. The largest absolute Gasteiger partial charge is 0.453 e. The number of ether oxygens (including phenoxy) is 1. The summed E-state index contributed by atoms with van der Waals surface area (Å²) in [4.78, 5) is 7.57. The van der Waals surface area contributed by atoms with Crippen LogP contribution < -0.4 is 9.30 Å². The Morgan fingerprint density at radius 3 is 3.21 bits per heavy atom. The van der Waals surface area contributed by atoms with Gasteiger partial charge in [0, 0.05) is 9.30 Å². The number of halogens is 1. The van der Waals surface area contributed by atoms with E-state index in [1.165, 1.54) is 39.9 Å². The SMILES string of the molecule is CSc1nc2sc3c(c2c2[n+]1CC(CI)O2)CCC3. The van der Waals surface area contributed by atoms with E-state index < -0.39 is 0 Å². The Hall–Kier alpha value is -0.0800. The van der Waals surface area contributed by atoms with Crippen molar-refractivity contribution in [3.8, 4) is 5.88 Å². The van der Waals surface area contributed by atoms with Gasteiger partial charge >= 0.3 is 5.16 Å². The molecule has 6 heteroatoms. The number of aryl methyl sites for hydroxylation is 2. The van der Waals surface area contributed by atoms with Crippen LogP contribution in [-0.4, -0.2) is 21.8 Å². The molecule has 0 bridgehead atoms. The van der Waals surface area contributed by atoms with E-state index in [0.29, 0.717) is 6.10 Å². The van der Waals surface area contributed by atoms with E-state index in [-0.39, 0.29) is 0 Å². The number of rotatable bonds is 2. The van der Waals surface area contributed by atoms with Crippen LogP contribution >= 0.6 is 45.7 Å². The van der Waals surface area contributed by atoms with Crippen molar-refractivity contribution in [2.24, 2.45) is 0 Å². The molecule has 2 aromatic rings. The lowest BCUT2D eigenvalue weighted by molar-refractivity contribution is -0.720. The fraction of sp³-hybridized carbons (Fsp3) is 0.538. The number of fused-ring (bicyclic) bond motifs is 5. The number of aromatic nitrogens is 2. The summed E-state index contributed by atoms with van der Waals surface area (Å²) in [6, 6.07) is 0. The highest BCUT2D eigenvalue weighted by molar-refractivity contribution is 14.1. The molecule has 3 heterocycles. The molecule has 1 atom stereocenters. The van der Waals surface area contributed by atoms with E-state index in [4.69, 9.17) is 9.72 Å². The van der Waals surface area contributed by atoms with Gasteiger partial charge in [0.25, 0.3) is 5.88 Å². The minimum Gasteiger partial charge on any atom is -0.453 e. The van der Waals surface area contributed by atoms with Crippen LogP contribution in [0.3, 0.4) is 0 Å². The Morgan fingerprint density at radius 1 is 1.53 bits per heavy atom. The van der Waals surface area contributed by atoms with Gasteiger partial charge in [0.1, 0.15) is 18.0 Å². The Balaban J connectivity index is 2.00. The first kappa shape index (κ1) is 12.6. The maximum Gasteiger partial charge on any atom is 0.363 e. The average Bonchev–Trinajstić information content (AvgIpc) is 3.09. The van der Waals surface area contributed by atoms with Crippen LogP contribution in [0, 0.1) is 0 Å². The highest BCUT2D eigenvalue weighted by Crippen LogP contribution is 2.41. The lowest BCUT2D eigenvalue weighted by Gasteiger charge is -2.02. The molecule has 0 amide bonds. The van der Waals surface area contributed by atoms with Crippen LogP contribution in [-0.2, 0) is 19.4 Å². The number of alkyl halides is 1. The molecule has 0 N–H and O–H groups in total. The third kappa shape index (κ3) is 1.82. The Labute approximate surface area is 133 Å². The number of nitrogens with zero attached hydrogens (tertiary/aromatic N) is 2. The predicted octanol–water partition coefficient (Wildman–Crippen LogP) is 2.99. The normalized spacial score (nSPS) is 20.6. The maximum atomic E-state index is 6.20. The molecule has 4 rings (SSSR count). The van der Waals surface area contributed by atoms with Crippen molar-refractivity contribution in [1.29, 1.82) is 0 Å². The molecule has 1 aliphatic heterocycles. The monoisotopic (exact) mass is 405 g/mol. The zero-order valence-electron chi connectivity index (χ0n) is 10.6. The van der Waals surface area contributed by atoms with Crippen LogP contribution in [0.2, 0.25) is 0 Å². The summed E-state index contributed by atoms with van der Waals surface area (Å²) in [6.45, 7) is 0.946. The third-order valence-electron chi connectivity index (χ3n) is 3.81. The molecule has 0 radical (unpaired) electrons. The second-order valence-electron chi connectivity index (χ2n) is 4.95. The molecule has 0 saturated heterocycles. The number of thiophene rings is 1. The molecule has 1 aliphatic carbocycles. The van der Waals surface area contributed by atoms with Gasteiger partial charge in [0.15, 0.2) is 0 Å². The van der Waals surface area contributed by atoms with Crippen LogP contribution in [0.4, 0.5) is 0 Å². The molecule has 0 fully saturated rings. The van der Waals surface area contributed by atoms with Gasteiger partial charge in [-0.25, -0.2) is 0 Å². The summed E-state index contributed by atoms with van der Waals surface area (Å²) in [5.41, 5.74) is 1.51. The first-order valence-electron chi connectivity index (χ1n) is 6.46. The standard InChI is InChI=1S/C13H14IN2OS2/c1-18-13-15-11-10(8-3-2-4-9(8)19-11)12-16(13)6-7(5-14)17-12/h7H,2-6H2,1H3/q+1. The van der Waals surface area contributed by atoms with Crippen molar-refractivity contribution < 1.29 is 9.30 Å². The van der Waals surface area contributed by atoms with Crippen LogP contribution in [0.1, 0.15) is 16.9 Å². The second kappa shape index (κ2) is 4.73. The minimum absolute atomic E-state index is 0.302. The summed E-state index contributed by atoms with van der Waals surface area (Å²) < 4.78 is 9.51. The smallest absolute Gasteiger partial charge is 0.363 e. The fourth-order valence-electron chi connectivity index (χ4n) is 2.98. The lowest BCUT2D eigenvalue weighted by Crippen LogP contribution is -2.36. The summed E-state index contributed by atoms with van der Waals surface area (Å²) in [7, 11) is 0. The van der Waals surface area contributed by atoms with Crippen molar-refractivity contribution in [3.63, 3.8) is 0 Å². The molecule has 1 unspecified atom stereocenters. The zero-order valence-corrected chi connectivity index (χ0v) is 14.4. The van der Waals surface area contributed by atoms with Gasteiger partial charge in [-0.15, -0.1) is 0 Å². The van der Waals surface area contributed by atoms with Crippen LogP contribution in [0.5, 0.6) is 5.88 Å². The Bertz CT molecular complexity index is 670. The number of thioether (sulfide) groups is 1. The first-order chi connectivity index (χ1) is 9.31. The van der Waals surface area contributed by atoms with E-state index in [0.717, 1.165) is 22.0 Å². The van der Waals surface area contributed by atoms with E-state index in [9.17, 15) is 0 Å². The maximum absolute atomic E-state index is 6.20. The summed E-state index contributed by atoms with van der Waals surface area (Å²) in [5.74, 6) is 1.08. The quantitative estimate of drug-likeness (QED) is 0.253. The molecule has 2 aromatic heterocycles. The fourth-order valence-corrected chi connectivity index (χ4v) is 5.30. The van der Waals surface area contributed by atoms with Crippen LogP contribution in [0.25, 0.3) is 10.2 Å². The van der Waals surface area contributed by atoms with Crippen molar-refractivity contribution in [2.75, 3.05) is 10.7 Å². The lowest BCUT2D eigenvalue weighted by atomic mass is 10.2. The molecule has 0 spiro atoms. The highest BCUT2D eigenvalue weighted by atomic mass is 127. The second-order valence-corrected chi connectivity index (χ2v) is 7.68. The van der Waals surface area contributed by atoms with Gasteiger partial charge in [-0.2, -0.15) is 4.57 Å². The highest BCUT2D eigenvalue weighted by Gasteiger charge is 2.37. The Kier molecular flexibility index (Phi) is 3.15. The van der Waals surface area contributed by atoms with E-state index in [1.807, 2.05) is 11.3 Å². The molecular formula is C13H14IN2OS2+. The molecule has 0 aromatic carbocycles. The molecule has 100 valence electrons. The summed E-state index contributed by atoms with van der Waals surface area (Å²) in [5, 5.41) is 2.40. The first-order valence-corrected chi connectivity index (χ1v) is 10.0. The minimum atomic E-state index is 0.302. The zero-order chi connectivity index (χ0) is 13.0. The van der Waals surface area contributed by atoms with Crippen LogP contribution in [0.15, 0.2) is 5.16 Å². The van der Waals surface area contributed by atoms with Crippen molar-refractivity contribution in [1.82, 2.24) is 4.98 Å². The predicted molar refractivity (Wildman–Crippen MR) is 86.9 cm³/mol. The Morgan fingerprint density at radius 2 is 2.42 bits per heavy atom. The van der Waals surface area contributed by atoms with E-state index in [1.54, 1.807) is 11.8 Å². The molecule has 2 aliphatic rings. The molecule has 0 saturated carbocycles. The van der Waals surface area contributed by atoms with Gasteiger partial charge in [-0.1, -0.05) is 33.9 Å². The average molecular weight is 405 g/mol. The molecular weight excluding hydrogens is 391 g/mol. The van der Waals surface area contributed by atoms with Crippen molar-refractivity contribution in [2.45, 2.75) is 37.1 Å². The summed E-state index contributed by atoms with van der Waals surface area (Å²) in [6.07, 6.45) is 6.10. The third-order valence-corrected chi connectivity index (χ3v) is 6.65. The van der Waals surface area contributed by atoms with Crippen molar-refractivity contribution >= 4 is 55.9 Å². The van der Waals surface area contributed by atoms with E-state index >= 15 is 0 Å².